The lowest BCUT2D eigenvalue weighted by Gasteiger charge is -1.98. The SMILES string of the molecule is Cc1cccc(/N=c2/sc(C3=c4cc(F)ccc4=NC3=O)c(O)n2C)n1. The molecule has 0 atom stereocenters. The molecule has 2 aromatic heterocycles. The van der Waals surface area contributed by atoms with Crippen molar-refractivity contribution in [1.29, 1.82) is 0 Å². The lowest BCUT2D eigenvalue weighted by atomic mass is 10.1. The van der Waals surface area contributed by atoms with Crippen LogP contribution >= 0.6 is 11.3 Å². The lowest BCUT2D eigenvalue weighted by molar-refractivity contribution is -0.112. The molecule has 26 heavy (non-hydrogen) atoms. The molecule has 1 aliphatic rings. The number of amides is 1. The Kier molecular flexibility index (Phi) is 3.77. The highest BCUT2D eigenvalue weighted by atomic mass is 32.1. The molecule has 8 heteroatoms. The number of rotatable bonds is 2. The molecule has 0 saturated heterocycles. The molecule has 1 amide bonds. The smallest absolute Gasteiger partial charge is 0.279 e. The van der Waals surface area contributed by atoms with Gasteiger partial charge in [-0.3, -0.25) is 9.36 Å². The Morgan fingerprint density at radius 2 is 2.08 bits per heavy atom. The number of pyridine rings is 1. The Morgan fingerprint density at radius 3 is 2.85 bits per heavy atom. The normalized spacial score (nSPS) is 13.9. The molecule has 0 fully saturated rings. The van der Waals surface area contributed by atoms with Gasteiger partial charge in [-0.25, -0.2) is 19.4 Å². The molecule has 0 radical (unpaired) electrons. The summed E-state index contributed by atoms with van der Waals surface area (Å²) in [5.41, 5.74) is 0.995. The van der Waals surface area contributed by atoms with E-state index in [-0.39, 0.29) is 11.5 Å². The largest absolute Gasteiger partial charge is 0.493 e. The van der Waals surface area contributed by atoms with Crippen molar-refractivity contribution in [2.75, 3.05) is 0 Å². The number of hydrogen-bond acceptors (Lipinski definition) is 5. The van der Waals surface area contributed by atoms with Crippen molar-refractivity contribution >= 4 is 28.6 Å². The van der Waals surface area contributed by atoms with Crippen LogP contribution in [0, 0.1) is 12.7 Å². The van der Waals surface area contributed by atoms with Gasteiger partial charge in [-0.05, 0) is 37.3 Å². The van der Waals surface area contributed by atoms with Gasteiger partial charge in [-0.1, -0.05) is 17.4 Å². The third-order valence-corrected chi connectivity index (χ3v) is 5.11. The molecular formula is C18H13FN4O2S. The molecule has 1 N–H and O–H groups in total. The molecule has 130 valence electrons. The molecule has 0 aliphatic carbocycles. The minimum Gasteiger partial charge on any atom is -0.493 e. The minimum absolute atomic E-state index is 0.128. The highest BCUT2D eigenvalue weighted by molar-refractivity contribution is 7.11. The predicted octanol–water partition coefficient (Wildman–Crippen LogP) is 1.23. The van der Waals surface area contributed by atoms with Gasteiger partial charge in [0.05, 0.1) is 10.9 Å². The maximum absolute atomic E-state index is 13.6. The molecule has 4 rings (SSSR count). The Balaban J connectivity index is 1.97. The Bertz CT molecular complexity index is 1260. The monoisotopic (exact) mass is 368 g/mol. The van der Waals surface area contributed by atoms with E-state index in [9.17, 15) is 14.3 Å². The fourth-order valence-corrected chi connectivity index (χ4v) is 3.78. The minimum atomic E-state index is -0.511. The zero-order valence-corrected chi connectivity index (χ0v) is 14.7. The van der Waals surface area contributed by atoms with E-state index in [1.54, 1.807) is 13.1 Å². The number of fused-ring (bicyclic) bond motifs is 1. The van der Waals surface area contributed by atoms with Crippen molar-refractivity contribution in [3.8, 4) is 5.88 Å². The molecule has 1 aliphatic heterocycles. The first kappa shape index (κ1) is 16.3. The van der Waals surface area contributed by atoms with Gasteiger partial charge in [0.1, 0.15) is 10.7 Å². The first-order valence-corrected chi connectivity index (χ1v) is 8.56. The number of hydrogen-bond donors (Lipinski definition) is 1. The fourth-order valence-electron chi connectivity index (χ4n) is 2.70. The maximum Gasteiger partial charge on any atom is 0.279 e. The maximum atomic E-state index is 13.6. The second kappa shape index (κ2) is 5.99. The van der Waals surface area contributed by atoms with Crippen LogP contribution in [0.25, 0.3) is 5.57 Å². The summed E-state index contributed by atoms with van der Waals surface area (Å²) in [5.74, 6) is -0.618. The summed E-state index contributed by atoms with van der Waals surface area (Å²) in [6, 6.07) is 9.38. The van der Waals surface area contributed by atoms with Gasteiger partial charge in [0.2, 0.25) is 5.88 Å². The third-order valence-electron chi connectivity index (χ3n) is 3.98. The number of aromatic hydroxyl groups is 1. The van der Waals surface area contributed by atoms with Crippen LogP contribution in [-0.4, -0.2) is 20.6 Å². The van der Waals surface area contributed by atoms with Crippen molar-refractivity contribution in [2.24, 2.45) is 17.0 Å². The van der Waals surface area contributed by atoms with E-state index in [4.69, 9.17) is 0 Å². The van der Waals surface area contributed by atoms with Crippen LogP contribution in [-0.2, 0) is 11.8 Å². The second-order valence-electron chi connectivity index (χ2n) is 5.80. The Labute approximate surface area is 151 Å². The molecule has 3 heterocycles. The number of thiazole rings is 1. The summed E-state index contributed by atoms with van der Waals surface area (Å²) < 4.78 is 15.1. The van der Waals surface area contributed by atoms with Gasteiger partial charge in [-0.15, -0.1) is 0 Å². The van der Waals surface area contributed by atoms with Crippen molar-refractivity contribution in [3.63, 3.8) is 0 Å². The highest BCUT2D eigenvalue weighted by Crippen LogP contribution is 2.27. The van der Waals surface area contributed by atoms with E-state index in [0.717, 1.165) is 17.0 Å². The molecule has 3 aromatic rings. The average Bonchev–Trinajstić information content (AvgIpc) is 3.05. The number of carbonyl (C=O) groups is 1. The molecule has 0 bridgehead atoms. The van der Waals surface area contributed by atoms with Crippen LogP contribution in [0.3, 0.4) is 0 Å². The topological polar surface area (TPSA) is 79.8 Å². The average molecular weight is 368 g/mol. The molecule has 0 unspecified atom stereocenters. The second-order valence-corrected chi connectivity index (χ2v) is 6.78. The van der Waals surface area contributed by atoms with Crippen LogP contribution < -0.4 is 15.4 Å². The van der Waals surface area contributed by atoms with Crippen LogP contribution in [0.4, 0.5) is 10.2 Å². The highest BCUT2D eigenvalue weighted by Gasteiger charge is 2.25. The molecule has 0 saturated carbocycles. The van der Waals surface area contributed by atoms with Crippen LogP contribution in [0.15, 0.2) is 46.4 Å². The summed E-state index contributed by atoms with van der Waals surface area (Å²) in [7, 11) is 1.63. The fraction of sp³-hybridized carbons (Fsp3) is 0.111. The lowest BCUT2D eigenvalue weighted by Crippen LogP contribution is -2.23. The van der Waals surface area contributed by atoms with Gasteiger partial charge in [0, 0.05) is 18.0 Å². The number of halogens is 1. The van der Waals surface area contributed by atoms with Crippen molar-refractivity contribution in [3.05, 3.63) is 68.2 Å². The predicted molar refractivity (Wildman–Crippen MR) is 93.8 cm³/mol. The first-order chi connectivity index (χ1) is 12.4. The van der Waals surface area contributed by atoms with Crippen LogP contribution in [0.5, 0.6) is 5.88 Å². The quantitative estimate of drug-likeness (QED) is 0.739. The van der Waals surface area contributed by atoms with E-state index in [2.05, 4.69) is 15.0 Å². The summed E-state index contributed by atoms with van der Waals surface area (Å²) >= 11 is 1.12. The first-order valence-electron chi connectivity index (χ1n) is 7.74. The van der Waals surface area contributed by atoms with E-state index >= 15 is 0 Å². The summed E-state index contributed by atoms with van der Waals surface area (Å²) in [6.07, 6.45) is 0. The molecule has 6 nitrogen and oxygen atoms in total. The van der Waals surface area contributed by atoms with E-state index in [1.807, 2.05) is 19.1 Å². The van der Waals surface area contributed by atoms with Gasteiger partial charge in [0.25, 0.3) is 5.91 Å². The number of aromatic nitrogens is 2. The van der Waals surface area contributed by atoms with Gasteiger partial charge >= 0.3 is 0 Å². The molecular weight excluding hydrogens is 355 g/mol. The van der Waals surface area contributed by atoms with Crippen molar-refractivity contribution < 1.29 is 14.3 Å². The van der Waals surface area contributed by atoms with Gasteiger partial charge in [-0.2, -0.15) is 0 Å². The zero-order valence-electron chi connectivity index (χ0n) is 13.9. The summed E-state index contributed by atoms with van der Waals surface area (Å²) in [5, 5.41) is 11.3. The molecule has 1 aromatic carbocycles. The third kappa shape index (κ3) is 2.64. The van der Waals surface area contributed by atoms with Crippen molar-refractivity contribution in [1.82, 2.24) is 9.55 Å². The van der Waals surface area contributed by atoms with Crippen molar-refractivity contribution in [2.45, 2.75) is 6.92 Å². The number of nitrogens with zero attached hydrogens (tertiary/aromatic N) is 4. The number of aryl methyl sites for hydroxylation is 1. The Hall–Kier alpha value is -3.13. The summed E-state index contributed by atoms with van der Waals surface area (Å²) in [4.78, 5) is 25.8. The number of carbonyl (C=O) groups excluding carboxylic acids is 1. The summed E-state index contributed by atoms with van der Waals surface area (Å²) in [6.45, 7) is 1.86. The number of benzene rings is 1. The zero-order chi connectivity index (χ0) is 18.4. The van der Waals surface area contributed by atoms with E-state index in [0.29, 0.717) is 26.1 Å². The molecule has 0 spiro atoms. The van der Waals surface area contributed by atoms with Crippen LogP contribution in [0.2, 0.25) is 0 Å². The van der Waals surface area contributed by atoms with Crippen LogP contribution in [0.1, 0.15) is 10.6 Å². The standard InChI is InChI=1S/C18H13FN4O2S/c1-9-4-3-5-13(20-9)22-18-23(2)17(25)15(26-18)14-11-8-10(19)6-7-12(11)21-16(14)24/h3-8,25H,1-2H3/b22-18+. The van der Waals surface area contributed by atoms with Gasteiger partial charge < -0.3 is 5.11 Å². The van der Waals surface area contributed by atoms with E-state index in [1.165, 1.54) is 22.8 Å². The van der Waals surface area contributed by atoms with E-state index < -0.39 is 11.7 Å². The van der Waals surface area contributed by atoms with Gasteiger partial charge in [0.15, 0.2) is 10.6 Å². The Morgan fingerprint density at radius 1 is 1.27 bits per heavy atom.